The molecule has 0 saturated carbocycles. The molecule has 0 rings (SSSR count). The number of aliphatic carboxylic acids is 1. The van der Waals surface area contributed by atoms with Crippen LogP contribution in [0.4, 0.5) is 0 Å². The van der Waals surface area contributed by atoms with Crippen molar-refractivity contribution in [1.82, 2.24) is 5.32 Å². The smallest absolute Gasteiger partial charge is 0.303 e. The Hall–Kier alpha value is -1.19. The first-order chi connectivity index (χ1) is 7.22. The zero-order chi connectivity index (χ0) is 12.8. The van der Waals surface area contributed by atoms with Gasteiger partial charge in [-0.15, -0.1) is 0 Å². The Bertz CT molecular complexity index is 352. The van der Waals surface area contributed by atoms with Gasteiger partial charge in [0.05, 0.1) is 11.8 Å². The molecular weight excluding hydrogens is 240 g/mol. The maximum absolute atomic E-state index is 11.1. The van der Waals surface area contributed by atoms with E-state index in [4.69, 9.17) is 15.4 Å². The van der Waals surface area contributed by atoms with Gasteiger partial charge < -0.3 is 16.2 Å². The molecule has 0 spiro atoms. The van der Waals surface area contributed by atoms with Crippen LogP contribution in [0.15, 0.2) is 0 Å². The van der Waals surface area contributed by atoms with Crippen molar-refractivity contribution in [1.29, 1.82) is 0 Å². The summed E-state index contributed by atoms with van der Waals surface area (Å²) in [5, 5.41) is 10.5. The Morgan fingerprint density at radius 3 is 2.38 bits per heavy atom. The first kappa shape index (κ1) is 14.8. The molecule has 0 aromatic heterocycles. The van der Waals surface area contributed by atoms with Crippen LogP contribution in [-0.2, 0) is 19.7 Å². The van der Waals surface area contributed by atoms with Crippen molar-refractivity contribution in [3.8, 4) is 0 Å². The van der Waals surface area contributed by atoms with Crippen molar-refractivity contribution < 1.29 is 27.7 Å². The monoisotopic (exact) mass is 254 g/mol. The third-order valence-electron chi connectivity index (χ3n) is 1.67. The predicted octanol–water partition coefficient (Wildman–Crippen LogP) is -1.82. The lowest BCUT2D eigenvalue weighted by Gasteiger charge is -2.10. The molecule has 0 heterocycles. The van der Waals surface area contributed by atoms with Gasteiger partial charge in [-0.2, -0.15) is 8.42 Å². The fourth-order valence-corrected chi connectivity index (χ4v) is 1.20. The predicted molar refractivity (Wildman–Crippen MR) is 54.3 cm³/mol. The van der Waals surface area contributed by atoms with Gasteiger partial charge in [-0.25, -0.2) is 0 Å². The Balaban J connectivity index is 3.84. The van der Waals surface area contributed by atoms with Gasteiger partial charge in [0.25, 0.3) is 10.1 Å². The Labute approximate surface area is 92.6 Å². The molecule has 16 heavy (non-hydrogen) atoms. The van der Waals surface area contributed by atoms with Crippen molar-refractivity contribution in [3.63, 3.8) is 0 Å². The minimum atomic E-state index is -4.12. The zero-order valence-corrected chi connectivity index (χ0v) is 9.24. The van der Waals surface area contributed by atoms with Gasteiger partial charge in [0.1, 0.15) is 0 Å². The maximum Gasteiger partial charge on any atom is 0.303 e. The molecule has 0 radical (unpaired) electrons. The first-order valence-corrected chi connectivity index (χ1v) is 6.03. The van der Waals surface area contributed by atoms with Gasteiger partial charge in [-0.1, -0.05) is 0 Å². The van der Waals surface area contributed by atoms with E-state index in [2.05, 4.69) is 5.32 Å². The van der Waals surface area contributed by atoms with Crippen molar-refractivity contribution in [2.45, 2.75) is 18.9 Å². The second kappa shape index (κ2) is 6.40. The summed E-state index contributed by atoms with van der Waals surface area (Å²) < 4.78 is 28.9. The molecule has 1 atom stereocenters. The number of carbonyl (C=O) groups excluding carboxylic acids is 1. The molecule has 5 N–H and O–H groups in total. The van der Waals surface area contributed by atoms with Gasteiger partial charge in [-0.05, 0) is 6.42 Å². The molecule has 0 saturated heterocycles. The molecule has 94 valence electrons. The van der Waals surface area contributed by atoms with Gasteiger partial charge >= 0.3 is 5.97 Å². The molecule has 0 aromatic rings. The van der Waals surface area contributed by atoms with E-state index >= 15 is 0 Å². The van der Waals surface area contributed by atoms with Gasteiger partial charge in [0, 0.05) is 13.0 Å². The van der Waals surface area contributed by atoms with Crippen molar-refractivity contribution >= 4 is 22.0 Å². The topological polar surface area (TPSA) is 147 Å². The fraction of sp³-hybridized carbons (Fsp3) is 0.714. The standard InChI is InChI=1S/C7H14N2O6S/c8-5(1-2-6(10)11)7(12)9-3-4-16(13,14)15/h5H,1-4,8H2,(H,9,12)(H,10,11)(H,13,14,15). The Morgan fingerprint density at radius 2 is 1.94 bits per heavy atom. The van der Waals surface area contributed by atoms with Crippen LogP contribution in [-0.4, -0.2) is 48.3 Å². The molecule has 0 aliphatic rings. The van der Waals surface area contributed by atoms with E-state index in [1.807, 2.05) is 0 Å². The number of hydrogen-bond acceptors (Lipinski definition) is 5. The summed E-state index contributed by atoms with van der Waals surface area (Å²) in [6, 6.07) is -1.00. The summed E-state index contributed by atoms with van der Waals surface area (Å²) in [6.07, 6.45) is -0.278. The molecule has 1 amide bonds. The third-order valence-corrected chi connectivity index (χ3v) is 2.39. The highest BCUT2D eigenvalue weighted by Gasteiger charge is 2.15. The van der Waals surface area contributed by atoms with Crippen LogP contribution in [0.5, 0.6) is 0 Å². The number of carbonyl (C=O) groups is 2. The third kappa shape index (κ3) is 8.15. The number of carboxylic acids is 1. The summed E-state index contributed by atoms with van der Waals surface area (Å²) in [4.78, 5) is 21.3. The molecular formula is C7H14N2O6S. The number of carboxylic acid groups (broad SMARTS) is 1. The Kier molecular flexibility index (Phi) is 5.93. The van der Waals surface area contributed by atoms with E-state index in [1.54, 1.807) is 0 Å². The lowest BCUT2D eigenvalue weighted by atomic mass is 10.1. The lowest BCUT2D eigenvalue weighted by molar-refractivity contribution is -0.137. The van der Waals surface area contributed by atoms with Crippen molar-refractivity contribution in [2.75, 3.05) is 12.3 Å². The average Bonchev–Trinajstić information content (AvgIpc) is 2.11. The average molecular weight is 254 g/mol. The van der Waals surface area contributed by atoms with Gasteiger partial charge in [0.15, 0.2) is 0 Å². The van der Waals surface area contributed by atoms with E-state index in [1.165, 1.54) is 0 Å². The summed E-state index contributed by atoms with van der Waals surface area (Å²) >= 11 is 0. The largest absolute Gasteiger partial charge is 0.481 e. The molecule has 8 nitrogen and oxygen atoms in total. The van der Waals surface area contributed by atoms with E-state index in [9.17, 15) is 18.0 Å². The number of amides is 1. The Morgan fingerprint density at radius 1 is 1.38 bits per heavy atom. The van der Waals surface area contributed by atoms with Crippen LogP contribution in [0.1, 0.15) is 12.8 Å². The maximum atomic E-state index is 11.1. The zero-order valence-electron chi connectivity index (χ0n) is 8.42. The van der Waals surface area contributed by atoms with E-state index < -0.39 is 33.8 Å². The highest BCUT2D eigenvalue weighted by atomic mass is 32.2. The summed E-state index contributed by atoms with van der Waals surface area (Å²) in [5.41, 5.74) is 5.33. The summed E-state index contributed by atoms with van der Waals surface area (Å²) in [7, 11) is -4.12. The quantitative estimate of drug-likeness (QED) is 0.391. The summed E-state index contributed by atoms with van der Waals surface area (Å²) in [6.45, 7) is -0.265. The van der Waals surface area contributed by atoms with Crippen LogP contribution in [0.25, 0.3) is 0 Å². The number of nitrogens with two attached hydrogens (primary N) is 1. The molecule has 0 aliphatic carbocycles. The minimum absolute atomic E-state index is 0.0347. The van der Waals surface area contributed by atoms with Crippen LogP contribution >= 0.6 is 0 Å². The fourth-order valence-electron chi connectivity index (χ4n) is 0.844. The lowest BCUT2D eigenvalue weighted by Crippen LogP contribution is -2.42. The van der Waals surface area contributed by atoms with Crippen molar-refractivity contribution in [2.24, 2.45) is 5.73 Å². The van der Waals surface area contributed by atoms with Crippen LogP contribution in [0.3, 0.4) is 0 Å². The molecule has 9 heteroatoms. The normalized spacial score (nSPS) is 13.1. The summed E-state index contributed by atoms with van der Waals surface area (Å²) in [5.74, 6) is -2.32. The highest BCUT2D eigenvalue weighted by molar-refractivity contribution is 7.85. The van der Waals surface area contributed by atoms with Gasteiger partial charge in [-0.3, -0.25) is 14.1 Å². The van der Waals surface area contributed by atoms with Crippen LogP contribution in [0.2, 0.25) is 0 Å². The van der Waals surface area contributed by atoms with Crippen molar-refractivity contribution in [3.05, 3.63) is 0 Å². The molecule has 0 fully saturated rings. The van der Waals surface area contributed by atoms with E-state index in [0.29, 0.717) is 0 Å². The number of rotatable bonds is 7. The minimum Gasteiger partial charge on any atom is -0.481 e. The van der Waals surface area contributed by atoms with Gasteiger partial charge in [0.2, 0.25) is 5.91 Å². The van der Waals surface area contributed by atoms with E-state index in [-0.39, 0.29) is 19.4 Å². The molecule has 0 aromatic carbocycles. The van der Waals surface area contributed by atoms with Crippen LogP contribution < -0.4 is 11.1 Å². The number of hydrogen-bond donors (Lipinski definition) is 4. The highest BCUT2D eigenvalue weighted by Crippen LogP contribution is 1.94. The number of nitrogens with one attached hydrogen (secondary N) is 1. The second-order valence-electron chi connectivity index (χ2n) is 3.12. The second-order valence-corrected chi connectivity index (χ2v) is 4.69. The first-order valence-electron chi connectivity index (χ1n) is 4.42. The molecule has 0 bridgehead atoms. The molecule has 0 aliphatic heterocycles. The van der Waals surface area contributed by atoms with E-state index in [0.717, 1.165) is 0 Å². The SMILES string of the molecule is NC(CCC(=O)O)C(=O)NCCS(=O)(=O)O. The molecule has 1 unspecified atom stereocenters. The van der Waals surface area contributed by atoms with Crippen LogP contribution in [0, 0.1) is 0 Å².